The second kappa shape index (κ2) is 9.89. The lowest BCUT2D eigenvalue weighted by molar-refractivity contribution is -0.214. The Morgan fingerprint density at radius 1 is 1.24 bits per heavy atom. The number of aromatic amines is 1. The molecule has 0 amide bonds. The van der Waals surface area contributed by atoms with Crippen LogP contribution in [0.5, 0.6) is 0 Å². The Bertz CT molecular complexity index is 1770. The Morgan fingerprint density at radius 3 is 2.68 bits per heavy atom. The maximum atomic E-state index is 14.7. The fourth-order valence-corrected chi connectivity index (χ4v) is 4.75. The lowest BCUT2D eigenvalue weighted by Gasteiger charge is -2.18. The van der Waals surface area contributed by atoms with E-state index in [4.69, 9.17) is 0 Å². The molecule has 0 saturated heterocycles. The number of pyridine rings is 1. The van der Waals surface area contributed by atoms with E-state index >= 15 is 0 Å². The van der Waals surface area contributed by atoms with Crippen LogP contribution in [0, 0.1) is 16.3 Å². The largest absolute Gasteiger partial charge is 0.861 e. The predicted molar refractivity (Wildman–Crippen MR) is 151 cm³/mol. The Kier molecular flexibility index (Phi) is 6.79. The van der Waals surface area contributed by atoms with Crippen LogP contribution < -0.4 is 27.2 Å². The minimum atomic E-state index is -0.607. The molecule has 0 bridgehead atoms. The molecule has 2 aromatic carbocycles. The number of hydrogen-bond acceptors (Lipinski definition) is 6. The molecule has 0 aliphatic heterocycles. The number of nitrogens with zero attached hydrogens (tertiary/aromatic N) is 3. The summed E-state index contributed by atoms with van der Waals surface area (Å²) in [6, 6.07) is 10.6. The number of benzene rings is 2. The van der Waals surface area contributed by atoms with Gasteiger partial charge in [0.1, 0.15) is 17.0 Å². The van der Waals surface area contributed by atoms with Crippen LogP contribution in [-0.2, 0) is 0 Å². The zero-order chi connectivity index (χ0) is 26.4. The van der Waals surface area contributed by atoms with E-state index in [0.717, 1.165) is 0 Å². The molecule has 2 heterocycles. The van der Waals surface area contributed by atoms with Crippen LogP contribution >= 0.6 is 38.5 Å². The minimum absolute atomic E-state index is 0.0193. The molecular weight excluding hydrogens is 660 g/mol. The van der Waals surface area contributed by atoms with Gasteiger partial charge in [0.25, 0.3) is 11.1 Å². The van der Waals surface area contributed by atoms with Crippen molar-refractivity contribution in [3.8, 4) is 5.69 Å². The van der Waals surface area contributed by atoms with E-state index in [1.807, 2.05) is 22.6 Å². The quantitative estimate of drug-likeness (QED) is 0.139. The highest BCUT2D eigenvalue weighted by molar-refractivity contribution is 14.1. The number of aryl methyl sites for hydroxylation is 1. The topological polar surface area (TPSA) is 124 Å². The summed E-state index contributed by atoms with van der Waals surface area (Å²) in [4.78, 5) is 47.1. The van der Waals surface area contributed by atoms with Crippen molar-refractivity contribution in [2.45, 2.75) is 25.8 Å². The van der Waals surface area contributed by atoms with Crippen molar-refractivity contribution in [2.75, 3.05) is 10.6 Å². The van der Waals surface area contributed by atoms with Crippen LogP contribution in [0.25, 0.3) is 16.6 Å². The standard InChI is InChI=1S/C25H20BrFIN5O4/c1-12-21-20(22(31-23(12)35)30-18-8-5-13(28)9-17(18)27)24(36)33(15-6-7-15)25(37)32(21)16-4-2-3-14(10-16)29-19(34)11-26/h2-5,8-10,15H,6-7,11H2,1H3,(H,29,34)(H2,30,31,35)/p-1. The average molecular weight is 679 g/mol. The van der Waals surface area contributed by atoms with Crippen LogP contribution in [0.3, 0.4) is 0 Å². The summed E-state index contributed by atoms with van der Waals surface area (Å²) in [5, 5.41) is 14.8. The second-order valence-electron chi connectivity index (χ2n) is 8.61. The number of halogens is 3. The van der Waals surface area contributed by atoms with E-state index in [-0.39, 0.29) is 39.3 Å². The third kappa shape index (κ3) is 4.75. The van der Waals surface area contributed by atoms with Gasteiger partial charge >= 0.3 is 5.69 Å². The Morgan fingerprint density at radius 2 is 2.00 bits per heavy atom. The van der Waals surface area contributed by atoms with Gasteiger partial charge < -0.3 is 15.4 Å². The van der Waals surface area contributed by atoms with Gasteiger partial charge in [-0.25, -0.2) is 9.18 Å². The van der Waals surface area contributed by atoms with Crippen molar-refractivity contribution in [1.82, 2.24) is 14.1 Å². The first kappa shape index (κ1) is 25.4. The van der Waals surface area contributed by atoms with E-state index in [1.165, 1.54) is 34.3 Å². The van der Waals surface area contributed by atoms with Gasteiger partial charge in [-0.05, 0) is 84.7 Å². The number of aromatic nitrogens is 3. The fourth-order valence-electron chi connectivity index (χ4n) is 4.17. The zero-order valence-corrected chi connectivity index (χ0v) is 23.1. The summed E-state index contributed by atoms with van der Waals surface area (Å²) < 4.78 is 17.8. The molecule has 0 radical (unpaired) electrons. The normalized spacial score (nSPS) is 13.8. The average Bonchev–Trinajstić information content (AvgIpc) is 3.69. The number of hydrogen-bond donors (Lipinski definition) is 2. The van der Waals surface area contributed by atoms with Crippen molar-refractivity contribution < 1.29 is 9.50 Å². The van der Waals surface area contributed by atoms with E-state index < -0.39 is 28.5 Å². The molecule has 190 valence electrons. The first-order valence-electron chi connectivity index (χ1n) is 11.3. The van der Waals surface area contributed by atoms with Crippen molar-refractivity contribution in [3.05, 3.63) is 88.6 Å². The molecule has 12 heteroatoms. The van der Waals surface area contributed by atoms with Crippen LogP contribution in [0.2, 0.25) is 0 Å². The van der Waals surface area contributed by atoms with Crippen LogP contribution in [0.4, 0.5) is 21.6 Å². The number of fused-ring (bicyclic) bond motifs is 1. The molecule has 4 aromatic rings. The third-order valence-electron chi connectivity index (χ3n) is 6.03. The first-order valence-corrected chi connectivity index (χ1v) is 13.5. The van der Waals surface area contributed by atoms with Gasteiger partial charge in [-0.1, -0.05) is 22.0 Å². The third-order valence-corrected chi connectivity index (χ3v) is 7.18. The minimum Gasteiger partial charge on any atom is -0.861 e. The monoisotopic (exact) mass is 678 g/mol. The van der Waals surface area contributed by atoms with E-state index in [2.05, 4.69) is 31.2 Å². The maximum Gasteiger partial charge on any atom is 0.336 e. The van der Waals surface area contributed by atoms with Gasteiger partial charge in [0, 0.05) is 20.5 Å². The molecule has 2 N–H and O–H groups in total. The van der Waals surface area contributed by atoms with Crippen molar-refractivity contribution in [3.63, 3.8) is 0 Å². The van der Waals surface area contributed by atoms with Gasteiger partial charge in [0.15, 0.2) is 0 Å². The molecule has 37 heavy (non-hydrogen) atoms. The number of anilines is 2. The van der Waals surface area contributed by atoms with E-state index in [0.29, 0.717) is 27.8 Å². The lowest BCUT2D eigenvalue weighted by Crippen LogP contribution is -2.40. The summed E-state index contributed by atoms with van der Waals surface area (Å²) in [5.74, 6) is -0.992. The lowest BCUT2D eigenvalue weighted by atomic mass is 10.1. The highest BCUT2D eigenvalue weighted by atomic mass is 127. The molecule has 5 rings (SSSR count). The highest BCUT2D eigenvalue weighted by Gasteiger charge is 2.31. The Labute approximate surface area is 231 Å². The maximum absolute atomic E-state index is 14.7. The second-order valence-corrected chi connectivity index (χ2v) is 10.4. The van der Waals surface area contributed by atoms with Crippen LogP contribution in [0.1, 0.15) is 24.4 Å². The van der Waals surface area contributed by atoms with Gasteiger partial charge in [-0.3, -0.25) is 23.7 Å². The Balaban J connectivity index is 1.86. The number of nitrogens with one attached hydrogen (secondary N) is 2. The molecule has 1 aliphatic carbocycles. The van der Waals surface area contributed by atoms with Crippen LogP contribution in [-0.4, -0.2) is 25.3 Å². The first-order chi connectivity index (χ1) is 17.7. The summed E-state index contributed by atoms with van der Waals surface area (Å²) in [6.45, 7) is 1.51. The van der Waals surface area contributed by atoms with Crippen molar-refractivity contribution >= 4 is 72.5 Å². The van der Waals surface area contributed by atoms with Gasteiger partial charge in [0.05, 0.1) is 22.6 Å². The van der Waals surface area contributed by atoms with Crippen molar-refractivity contribution in [1.29, 1.82) is 0 Å². The number of H-pyrrole nitrogens is 1. The SMILES string of the molecule is Cc1c(=O)[nH]c(Nc2ccc(I)cc2F)c2c(=O)n(C3CC3)c(=O)n(-c3cccc(N=C([O-])CBr)c3)c12. The molecule has 0 unspecified atom stereocenters. The molecule has 0 spiro atoms. The summed E-state index contributed by atoms with van der Waals surface area (Å²) >= 11 is 5.05. The van der Waals surface area contributed by atoms with Crippen molar-refractivity contribution in [2.24, 2.45) is 4.99 Å². The summed E-state index contributed by atoms with van der Waals surface area (Å²) in [7, 11) is 0. The smallest absolute Gasteiger partial charge is 0.336 e. The zero-order valence-electron chi connectivity index (χ0n) is 19.3. The van der Waals surface area contributed by atoms with E-state index in [9.17, 15) is 23.9 Å². The molecule has 1 fully saturated rings. The summed E-state index contributed by atoms with van der Waals surface area (Å²) in [5.41, 5.74) is -0.807. The molecule has 0 atom stereocenters. The van der Waals surface area contributed by atoms with Gasteiger partial charge in [-0.15, -0.1) is 0 Å². The van der Waals surface area contributed by atoms with Gasteiger partial charge in [-0.2, -0.15) is 0 Å². The van der Waals surface area contributed by atoms with Gasteiger partial charge in [0.2, 0.25) is 0 Å². The molecule has 1 aliphatic rings. The Hall–Kier alpha value is -3.26. The molecule has 9 nitrogen and oxygen atoms in total. The van der Waals surface area contributed by atoms with Crippen LogP contribution in [0.15, 0.2) is 61.8 Å². The number of rotatable bonds is 6. The highest BCUT2D eigenvalue weighted by Crippen LogP contribution is 2.34. The fraction of sp³-hybridized carbons (Fsp3) is 0.200. The molecule has 2 aromatic heterocycles. The molecular formula is C25H19BrFIN5O4-. The number of aliphatic imine (C=N–C) groups is 1. The predicted octanol–water partition coefficient (Wildman–Crippen LogP) is 3.76. The van der Waals surface area contributed by atoms with E-state index in [1.54, 1.807) is 24.3 Å². The number of alkyl halides is 1. The summed E-state index contributed by atoms with van der Waals surface area (Å²) in [6.07, 6.45) is 1.32. The molecule has 1 saturated carbocycles.